The molecule has 0 spiro atoms. The number of pyridine rings is 1. The minimum absolute atomic E-state index is 0.0277. The van der Waals surface area contributed by atoms with Crippen molar-refractivity contribution in [3.05, 3.63) is 86.1 Å². The van der Waals surface area contributed by atoms with E-state index >= 15 is 0 Å². The summed E-state index contributed by atoms with van der Waals surface area (Å²) in [6.07, 6.45) is 3.75. The van der Waals surface area contributed by atoms with Gasteiger partial charge in [0.1, 0.15) is 5.82 Å². The molecule has 1 aromatic heterocycles. The zero-order valence-electron chi connectivity index (χ0n) is 19.8. The highest BCUT2D eigenvalue weighted by molar-refractivity contribution is 5.94. The summed E-state index contributed by atoms with van der Waals surface area (Å²) in [7, 11) is 1.61. The van der Waals surface area contributed by atoms with Gasteiger partial charge >= 0.3 is 0 Å². The first-order chi connectivity index (χ1) is 17.3. The Morgan fingerprint density at radius 2 is 1.83 bits per heavy atom. The maximum atomic E-state index is 13.8. The van der Waals surface area contributed by atoms with Crippen molar-refractivity contribution in [3.63, 3.8) is 0 Å². The smallest absolute Gasteiger partial charge is 0.280 e. The maximum Gasteiger partial charge on any atom is 0.280 e. The molecule has 1 fully saturated rings. The van der Waals surface area contributed by atoms with Crippen molar-refractivity contribution >= 4 is 33.6 Å². The van der Waals surface area contributed by atoms with Crippen molar-refractivity contribution in [2.24, 2.45) is 0 Å². The monoisotopic (exact) mass is 491 g/mol. The molecule has 0 bridgehead atoms. The van der Waals surface area contributed by atoms with Crippen molar-refractivity contribution in [1.29, 1.82) is 0 Å². The van der Waals surface area contributed by atoms with Crippen molar-refractivity contribution in [3.8, 4) is 0 Å². The topological polar surface area (TPSA) is 112 Å². The molecule has 5 rings (SSSR count). The van der Waals surface area contributed by atoms with Crippen LogP contribution in [0, 0.1) is 15.9 Å². The second kappa shape index (κ2) is 9.54. The molecular formula is C26H26FN5O4. The van der Waals surface area contributed by atoms with Gasteiger partial charge in [0, 0.05) is 56.2 Å². The fourth-order valence-corrected chi connectivity index (χ4v) is 5.13. The fraction of sp³-hybridized carbons (Fsp3) is 0.308. The lowest BCUT2D eigenvalue weighted by atomic mass is 10.1. The molecule has 1 amide bonds. The Balaban J connectivity index is 1.30. The number of hydrogen-bond acceptors (Lipinski definition) is 6. The Kier molecular flexibility index (Phi) is 6.27. The number of amides is 1. The molecule has 0 radical (unpaired) electrons. The van der Waals surface area contributed by atoms with Crippen LogP contribution in [0.5, 0.6) is 0 Å². The molecule has 9 nitrogen and oxygen atoms in total. The van der Waals surface area contributed by atoms with Crippen molar-refractivity contribution in [2.75, 3.05) is 38.1 Å². The third-order valence-corrected chi connectivity index (χ3v) is 7.06. The van der Waals surface area contributed by atoms with Crippen LogP contribution in [0.2, 0.25) is 0 Å². The Labute approximate surface area is 206 Å². The minimum Gasteiger partial charge on any atom is -0.369 e. The number of fused-ring (bicyclic) bond motifs is 1. The number of H-pyrrole nitrogens is 1. The summed E-state index contributed by atoms with van der Waals surface area (Å²) < 4.78 is 13.8. The number of anilines is 1. The highest BCUT2D eigenvalue weighted by Gasteiger charge is 2.27. The number of aromatic amines is 1. The van der Waals surface area contributed by atoms with Gasteiger partial charge in [-0.15, -0.1) is 0 Å². The molecule has 2 heterocycles. The Hall–Kier alpha value is -4.05. The van der Waals surface area contributed by atoms with Gasteiger partial charge in [0.2, 0.25) is 0 Å². The van der Waals surface area contributed by atoms with Gasteiger partial charge in [0.25, 0.3) is 17.2 Å². The number of carbonyl (C=O) groups excluding carboxylic acids is 1. The number of rotatable bonds is 5. The molecule has 1 aliphatic heterocycles. The van der Waals surface area contributed by atoms with Crippen LogP contribution >= 0.6 is 0 Å². The van der Waals surface area contributed by atoms with E-state index in [2.05, 4.69) is 26.2 Å². The van der Waals surface area contributed by atoms with Gasteiger partial charge < -0.3 is 15.2 Å². The van der Waals surface area contributed by atoms with Gasteiger partial charge in [-0.2, -0.15) is 0 Å². The summed E-state index contributed by atoms with van der Waals surface area (Å²) in [5.41, 5.74) is 2.24. The number of nitrogens with one attached hydrogen (secondary N) is 2. The molecule has 0 unspecified atom stereocenters. The fourth-order valence-electron chi connectivity index (χ4n) is 5.13. The number of nitro groups is 1. The normalized spacial score (nSPS) is 18.3. The van der Waals surface area contributed by atoms with Crippen molar-refractivity contribution in [2.45, 2.75) is 18.9 Å². The van der Waals surface area contributed by atoms with E-state index in [-0.39, 0.29) is 22.7 Å². The maximum absolute atomic E-state index is 13.8. The summed E-state index contributed by atoms with van der Waals surface area (Å²) in [5.74, 6) is -0.918. The van der Waals surface area contributed by atoms with E-state index < -0.39 is 22.0 Å². The van der Waals surface area contributed by atoms with Crippen LogP contribution in [-0.2, 0) is 0 Å². The number of benzene rings is 2. The number of nitrogens with zero attached hydrogens (tertiary/aromatic N) is 3. The summed E-state index contributed by atoms with van der Waals surface area (Å²) in [6.45, 7) is 3.43. The van der Waals surface area contributed by atoms with Crippen LogP contribution in [0.15, 0.2) is 53.3 Å². The van der Waals surface area contributed by atoms with E-state index in [1.165, 1.54) is 0 Å². The SMILES string of the molecule is CNC(=O)c1ccc(N2CCN([C@@H]3C=C(c4cc5c([N+](=O)[O-])cc(F)cc5c(=O)[nH]4)CC3)CC2)cc1. The molecular weight excluding hydrogens is 465 g/mol. The van der Waals surface area contributed by atoms with Crippen LogP contribution in [0.25, 0.3) is 16.3 Å². The van der Waals surface area contributed by atoms with Crippen LogP contribution < -0.4 is 15.8 Å². The van der Waals surface area contributed by atoms with Gasteiger partial charge in [-0.3, -0.25) is 24.6 Å². The predicted octanol–water partition coefficient (Wildman–Crippen LogP) is 3.30. The third-order valence-electron chi connectivity index (χ3n) is 7.06. The molecule has 2 aliphatic rings. The first kappa shape index (κ1) is 23.7. The predicted molar refractivity (Wildman–Crippen MR) is 136 cm³/mol. The summed E-state index contributed by atoms with van der Waals surface area (Å²) in [5, 5.41) is 14.2. The molecule has 0 saturated carbocycles. The molecule has 3 aromatic rings. The van der Waals surface area contributed by atoms with Crippen LogP contribution in [0.4, 0.5) is 15.8 Å². The molecule has 1 atom stereocenters. The van der Waals surface area contributed by atoms with E-state index in [4.69, 9.17) is 0 Å². The minimum atomic E-state index is -0.811. The van der Waals surface area contributed by atoms with Crippen molar-refractivity contribution in [1.82, 2.24) is 15.2 Å². The number of non-ortho nitro benzene ring substituents is 1. The first-order valence-electron chi connectivity index (χ1n) is 11.9. The molecule has 36 heavy (non-hydrogen) atoms. The second-order valence-electron chi connectivity index (χ2n) is 9.10. The highest BCUT2D eigenvalue weighted by Crippen LogP contribution is 2.33. The van der Waals surface area contributed by atoms with Crippen LogP contribution in [0.3, 0.4) is 0 Å². The number of nitro benzene ring substituents is 1. The summed E-state index contributed by atoms with van der Waals surface area (Å²) in [4.78, 5) is 42.6. The van der Waals surface area contributed by atoms with Gasteiger partial charge in [-0.25, -0.2) is 4.39 Å². The van der Waals surface area contributed by atoms with E-state index in [1.807, 2.05) is 24.3 Å². The van der Waals surface area contributed by atoms with Crippen LogP contribution in [0.1, 0.15) is 28.9 Å². The van der Waals surface area contributed by atoms with Crippen molar-refractivity contribution < 1.29 is 14.1 Å². The van der Waals surface area contributed by atoms with Gasteiger partial charge in [-0.1, -0.05) is 6.08 Å². The average molecular weight is 492 g/mol. The van der Waals surface area contributed by atoms with Gasteiger partial charge in [0.05, 0.1) is 21.8 Å². The zero-order chi connectivity index (χ0) is 25.4. The number of hydrogen-bond donors (Lipinski definition) is 2. The largest absolute Gasteiger partial charge is 0.369 e. The Bertz CT molecular complexity index is 1420. The number of allylic oxidation sites excluding steroid dienone is 1. The quantitative estimate of drug-likeness (QED) is 0.419. The second-order valence-corrected chi connectivity index (χ2v) is 9.10. The van der Waals surface area contributed by atoms with E-state index in [0.29, 0.717) is 11.3 Å². The summed E-state index contributed by atoms with van der Waals surface area (Å²) in [6, 6.07) is 11.3. The standard InChI is InChI=1S/C26H26FN5O4/c1-28-25(33)16-2-5-19(6-3-16)30-8-10-31(11-9-30)20-7-4-17(12-20)23-15-21-22(26(34)29-23)13-18(27)14-24(21)32(35)36/h2-3,5-6,12-15,20H,4,7-11H2,1H3,(H,28,33)(H,29,34)/t20-/m0/s1. The average Bonchev–Trinajstić information content (AvgIpc) is 3.39. The number of piperazine rings is 1. The first-order valence-corrected chi connectivity index (χ1v) is 11.9. The molecule has 1 saturated heterocycles. The molecule has 2 N–H and O–H groups in total. The van der Waals surface area contributed by atoms with Gasteiger partial charge in [0.15, 0.2) is 0 Å². The summed E-state index contributed by atoms with van der Waals surface area (Å²) >= 11 is 0. The molecule has 186 valence electrons. The molecule has 1 aliphatic carbocycles. The number of carbonyl (C=O) groups is 1. The molecule has 10 heteroatoms. The zero-order valence-corrected chi connectivity index (χ0v) is 19.8. The van der Waals surface area contributed by atoms with E-state index in [0.717, 1.165) is 62.4 Å². The Morgan fingerprint density at radius 1 is 1.11 bits per heavy atom. The van der Waals surface area contributed by atoms with E-state index in [9.17, 15) is 24.1 Å². The lowest BCUT2D eigenvalue weighted by Crippen LogP contribution is -2.49. The lowest BCUT2D eigenvalue weighted by Gasteiger charge is -2.38. The number of halogens is 1. The Morgan fingerprint density at radius 3 is 2.50 bits per heavy atom. The third kappa shape index (κ3) is 4.47. The lowest BCUT2D eigenvalue weighted by molar-refractivity contribution is -0.383. The van der Waals surface area contributed by atoms with Gasteiger partial charge in [-0.05, 0) is 54.8 Å². The molecule has 2 aromatic carbocycles. The number of aromatic nitrogens is 1. The highest BCUT2D eigenvalue weighted by atomic mass is 19.1. The van der Waals surface area contributed by atoms with Crippen LogP contribution in [-0.4, -0.2) is 60.0 Å². The van der Waals surface area contributed by atoms with E-state index in [1.54, 1.807) is 13.1 Å².